The summed E-state index contributed by atoms with van der Waals surface area (Å²) < 4.78 is 10.7. The summed E-state index contributed by atoms with van der Waals surface area (Å²) in [6.07, 6.45) is 1.85. The molecule has 8 heteroatoms. The second kappa shape index (κ2) is 14.8. The number of hydrogen-bond acceptors (Lipinski definition) is 5. The molecule has 0 bridgehead atoms. The van der Waals surface area contributed by atoms with Gasteiger partial charge in [-0.3, -0.25) is 4.68 Å². The largest absolute Gasteiger partial charge is 2.00 e. The second-order valence-corrected chi connectivity index (χ2v) is 14.9. The van der Waals surface area contributed by atoms with Gasteiger partial charge in [0.05, 0.1) is 0 Å². The van der Waals surface area contributed by atoms with E-state index < -0.39 is 0 Å². The average molecular weight is 787 g/mol. The zero-order valence-corrected chi connectivity index (χ0v) is 32.9. The summed E-state index contributed by atoms with van der Waals surface area (Å²) >= 11 is 3.62. The van der Waals surface area contributed by atoms with Crippen molar-refractivity contribution in [2.75, 3.05) is 11.5 Å². The van der Waals surface area contributed by atoms with Crippen molar-refractivity contribution in [3.63, 3.8) is 0 Å². The molecular weight excluding hydrogens is 747 g/mol. The predicted molar refractivity (Wildman–Crippen MR) is 207 cm³/mol. The molecular formula is C42H40N4OPdS2. The van der Waals surface area contributed by atoms with Gasteiger partial charge in [-0.1, -0.05) is 37.6 Å². The molecule has 5 nitrogen and oxygen atoms in total. The minimum Gasteiger partial charge on any atom is -0.509 e. The minimum absolute atomic E-state index is 0. The quantitative estimate of drug-likeness (QED) is 0.0828. The molecule has 0 N–H and O–H groups in total. The van der Waals surface area contributed by atoms with E-state index in [1.165, 1.54) is 38.9 Å². The number of nitrogens with zero attached hydrogens (tertiary/aromatic N) is 4. The molecule has 0 saturated carbocycles. The standard InChI is InChI=1S/C42H40N4OS2.Pd/c1-9-48-41-40(39-29(7)27(5)26(4)28(6)30(39)8)42(49-10-2)46(44-41)31-14-13-15-32(23-31)47-33-18-19-35-34-16-11-12-17-36(34)45(37(35)24-33)38-22-25(3)20-21-43-38;/h11-22H,9-10H2,1-8H3;/q-2;+2. The molecule has 0 aliphatic rings. The number of benzene rings is 4. The summed E-state index contributed by atoms with van der Waals surface area (Å²) in [5.41, 5.74) is 13.2. The van der Waals surface area contributed by atoms with Crippen LogP contribution in [0.25, 0.3) is 44.4 Å². The molecule has 50 heavy (non-hydrogen) atoms. The number of rotatable bonds is 9. The summed E-state index contributed by atoms with van der Waals surface area (Å²) in [6.45, 7) is 17.7. The number of aromatic nitrogens is 4. The van der Waals surface area contributed by atoms with Crippen molar-refractivity contribution in [1.82, 2.24) is 19.3 Å². The average Bonchev–Trinajstić information content (AvgIpc) is 3.62. The van der Waals surface area contributed by atoms with Gasteiger partial charge in [-0.05, 0) is 121 Å². The van der Waals surface area contributed by atoms with Gasteiger partial charge in [0.1, 0.15) is 15.9 Å². The maximum absolute atomic E-state index is 6.51. The number of fused-ring (bicyclic) bond motifs is 3. The molecule has 0 amide bonds. The van der Waals surface area contributed by atoms with E-state index >= 15 is 0 Å². The van der Waals surface area contributed by atoms with Crippen LogP contribution in [0.3, 0.4) is 0 Å². The zero-order valence-electron chi connectivity index (χ0n) is 29.7. The minimum atomic E-state index is 0. The molecule has 0 aliphatic heterocycles. The van der Waals surface area contributed by atoms with Crippen molar-refractivity contribution < 1.29 is 25.2 Å². The Balaban J connectivity index is 0.00000432. The van der Waals surface area contributed by atoms with Crippen LogP contribution in [-0.4, -0.2) is 30.8 Å². The van der Waals surface area contributed by atoms with Crippen LogP contribution in [0.1, 0.15) is 47.2 Å². The van der Waals surface area contributed by atoms with Gasteiger partial charge in [-0.2, -0.15) is 17.2 Å². The molecule has 3 heterocycles. The summed E-state index contributed by atoms with van der Waals surface area (Å²) in [6, 6.07) is 29.7. The van der Waals surface area contributed by atoms with Gasteiger partial charge in [-0.15, -0.1) is 59.2 Å². The normalized spacial score (nSPS) is 11.4. The van der Waals surface area contributed by atoms with Crippen molar-refractivity contribution >= 4 is 45.3 Å². The SMILES string of the molecule is CCSc1nn(-c2[c-]c(Oc3[c-]c4c(cc3)c3ccccc3n4-c3cc(C)ccn3)ccc2)c(SCC)c1-c1c(C)c(C)c(C)c(C)c1C.[Pd+2]. The van der Waals surface area contributed by atoms with Crippen LogP contribution < -0.4 is 4.74 Å². The predicted octanol–water partition coefficient (Wildman–Crippen LogP) is 11.5. The van der Waals surface area contributed by atoms with Crippen LogP contribution in [0.2, 0.25) is 0 Å². The van der Waals surface area contributed by atoms with E-state index in [0.29, 0.717) is 11.5 Å². The Morgan fingerprint density at radius 2 is 1.40 bits per heavy atom. The number of pyridine rings is 1. The summed E-state index contributed by atoms with van der Waals surface area (Å²) in [4.78, 5) is 4.72. The van der Waals surface area contributed by atoms with Crippen molar-refractivity contribution in [3.05, 3.63) is 118 Å². The monoisotopic (exact) mass is 786 g/mol. The molecule has 256 valence electrons. The molecule has 0 spiro atoms. The zero-order chi connectivity index (χ0) is 34.4. The van der Waals surface area contributed by atoms with Gasteiger partial charge in [0.25, 0.3) is 0 Å². The van der Waals surface area contributed by atoms with E-state index in [-0.39, 0.29) is 20.4 Å². The van der Waals surface area contributed by atoms with Gasteiger partial charge < -0.3 is 9.30 Å². The van der Waals surface area contributed by atoms with Crippen LogP contribution in [0.15, 0.2) is 83.0 Å². The van der Waals surface area contributed by atoms with Crippen molar-refractivity contribution in [2.24, 2.45) is 0 Å². The molecule has 7 aromatic rings. The summed E-state index contributed by atoms with van der Waals surface area (Å²) in [5, 5.41) is 9.67. The Morgan fingerprint density at radius 1 is 0.700 bits per heavy atom. The number of aryl methyl sites for hydroxylation is 1. The maximum atomic E-state index is 6.51. The molecule has 3 aromatic heterocycles. The Bertz CT molecular complexity index is 2350. The van der Waals surface area contributed by atoms with E-state index in [4.69, 9.17) is 14.8 Å². The third kappa shape index (κ3) is 6.33. The molecule has 0 unspecified atom stereocenters. The van der Waals surface area contributed by atoms with Gasteiger partial charge in [-0.25, -0.2) is 4.98 Å². The number of para-hydroxylation sites is 1. The maximum Gasteiger partial charge on any atom is 2.00 e. The van der Waals surface area contributed by atoms with E-state index in [2.05, 4.69) is 119 Å². The first kappa shape index (κ1) is 36.0. The number of thioether (sulfide) groups is 2. The first-order valence-electron chi connectivity index (χ1n) is 16.8. The van der Waals surface area contributed by atoms with Crippen LogP contribution in [0, 0.1) is 53.7 Å². The first-order chi connectivity index (χ1) is 23.7. The Kier molecular flexibility index (Phi) is 10.7. The van der Waals surface area contributed by atoms with Crippen molar-refractivity contribution in [1.29, 1.82) is 0 Å². The summed E-state index contributed by atoms with van der Waals surface area (Å²) in [5.74, 6) is 3.93. The van der Waals surface area contributed by atoms with Gasteiger partial charge in [0, 0.05) is 28.8 Å². The first-order valence-corrected chi connectivity index (χ1v) is 18.7. The fraction of sp³-hybridized carbons (Fsp3) is 0.238. The molecule has 0 atom stereocenters. The topological polar surface area (TPSA) is 44.9 Å². The van der Waals surface area contributed by atoms with Crippen molar-refractivity contribution in [2.45, 2.75) is 65.4 Å². The smallest absolute Gasteiger partial charge is 0.509 e. The molecule has 0 radical (unpaired) electrons. The summed E-state index contributed by atoms with van der Waals surface area (Å²) in [7, 11) is 0. The molecule has 0 fully saturated rings. The van der Waals surface area contributed by atoms with E-state index in [1.54, 1.807) is 11.8 Å². The molecule has 7 rings (SSSR count). The molecule has 0 saturated heterocycles. The van der Waals surface area contributed by atoms with E-state index in [0.717, 1.165) is 60.4 Å². The van der Waals surface area contributed by atoms with Gasteiger partial charge >= 0.3 is 20.4 Å². The molecule has 0 aliphatic carbocycles. The molecule has 4 aromatic carbocycles. The van der Waals surface area contributed by atoms with Crippen LogP contribution >= 0.6 is 23.5 Å². The number of ether oxygens (including phenoxy) is 1. The van der Waals surface area contributed by atoms with Crippen molar-refractivity contribution in [3.8, 4) is 34.1 Å². The Morgan fingerprint density at radius 3 is 2.12 bits per heavy atom. The fourth-order valence-corrected chi connectivity index (χ4v) is 8.39. The van der Waals surface area contributed by atoms with Gasteiger partial charge in [0.15, 0.2) is 0 Å². The van der Waals surface area contributed by atoms with Crippen LogP contribution in [-0.2, 0) is 20.4 Å². The second-order valence-electron chi connectivity index (χ2n) is 12.4. The van der Waals surface area contributed by atoms with Gasteiger partial charge in [0.2, 0.25) is 0 Å². The van der Waals surface area contributed by atoms with E-state index in [1.807, 2.05) is 42.2 Å². The third-order valence-electron chi connectivity index (χ3n) is 9.51. The Hall–Kier alpha value is -3.80. The van der Waals surface area contributed by atoms with Crippen LogP contribution in [0.4, 0.5) is 0 Å². The van der Waals surface area contributed by atoms with Crippen LogP contribution in [0.5, 0.6) is 11.5 Å². The van der Waals surface area contributed by atoms with E-state index in [9.17, 15) is 0 Å². The Labute approximate surface area is 317 Å². The third-order valence-corrected chi connectivity index (χ3v) is 11.3. The number of hydrogen-bond donors (Lipinski definition) is 0. The fourth-order valence-electron chi connectivity index (χ4n) is 6.70.